The Labute approximate surface area is 129 Å². The summed E-state index contributed by atoms with van der Waals surface area (Å²) in [4.78, 5) is 0.520. The number of hydrogen-bond donors (Lipinski definition) is 2. The molecule has 3 rings (SSSR count). The minimum absolute atomic E-state index is 0.480. The van der Waals surface area contributed by atoms with Gasteiger partial charge in [-0.05, 0) is 41.6 Å². The molecule has 0 aliphatic heterocycles. The summed E-state index contributed by atoms with van der Waals surface area (Å²) in [6, 6.07) is 14.3. The van der Waals surface area contributed by atoms with Crippen molar-refractivity contribution in [2.45, 2.75) is 10.7 Å². The molecule has 112 valence electrons. The average Bonchev–Trinajstić information content (AvgIpc) is 3.03. The lowest BCUT2D eigenvalue weighted by atomic mass is 10.1. The first-order valence-electron chi connectivity index (χ1n) is 6.37. The summed E-state index contributed by atoms with van der Waals surface area (Å²) < 4.78 is 24.6. The van der Waals surface area contributed by atoms with E-state index in [9.17, 15) is 8.78 Å². The van der Waals surface area contributed by atoms with E-state index in [1.165, 1.54) is 0 Å². The maximum atomic E-state index is 12.3. The second kappa shape index (κ2) is 6.52. The van der Waals surface area contributed by atoms with Crippen molar-refractivity contribution < 1.29 is 8.78 Å². The van der Waals surface area contributed by atoms with E-state index in [1.807, 2.05) is 24.3 Å². The van der Waals surface area contributed by atoms with Gasteiger partial charge < -0.3 is 5.32 Å². The molecule has 0 spiro atoms. The Bertz CT molecular complexity index is 731. The van der Waals surface area contributed by atoms with Gasteiger partial charge in [-0.1, -0.05) is 23.9 Å². The van der Waals surface area contributed by atoms with E-state index in [1.54, 1.807) is 24.3 Å². The highest BCUT2D eigenvalue weighted by Crippen LogP contribution is 2.30. The number of benzene rings is 2. The number of H-pyrrole nitrogens is 1. The molecule has 1 heterocycles. The summed E-state index contributed by atoms with van der Waals surface area (Å²) in [7, 11) is 0. The van der Waals surface area contributed by atoms with Crippen LogP contribution >= 0.6 is 11.8 Å². The molecule has 1 aromatic heterocycles. The van der Waals surface area contributed by atoms with Crippen LogP contribution in [0.4, 0.5) is 20.2 Å². The first kappa shape index (κ1) is 14.5. The molecule has 22 heavy (non-hydrogen) atoms. The van der Waals surface area contributed by atoms with Gasteiger partial charge in [0.15, 0.2) is 0 Å². The SMILES string of the molecule is FC(F)Sc1ccc(Nc2ccccc2-c2nn[nH]n2)cc1. The number of aromatic amines is 1. The second-order valence-corrected chi connectivity index (χ2v) is 5.37. The van der Waals surface area contributed by atoms with Crippen molar-refractivity contribution in [3.05, 3.63) is 48.5 Å². The third-order valence-electron chi connectivity index (χ3n) is 2.87. The monoisotopic (exact) mass is 319 g/mol. The highest BCUT2D eigenvalue weighted by Gasteiger charge is 2.09. The normalized spacial score (nSPS) is 10.9. The Balaban J connectivity index is 1.82. The lowest BCUT2D eigenvalue weighted by molar-refractivity contribution is 0.252. The van der Waals surface area contributed by atoms with Gasteiger partial charge in [0.2, 0.25) is 5.82 Å². The van der Waals surface area contributed by atoms with Gasteiger partial charge in [-0.2, -0.15) is 14.0 Å². The van der Waals surface area contributed by atoms with Gasteiger partial charge in [0.05, 0.1) is 0 Å². The number of aromatic nitrogens is 4. The lowest BCUT2D eigenvalue weighted by Gasteiger charge is -2.10. The molecule has 0 fully saturated rings. The van der Waals surface area contributed by atoms with E-state index in [4.69, 9.17) is 0 Å². The predicted molar refractivity (Wildman–Crippen MR) is 81.2 cm³/mol. The maximum absolute atomic E-state index is 12.3. The number of anilines is 2. The topological polar surface area (TPSA) is 66.5 Å². The van der Waals surface area contributed by atoms with Crippen molar-refractivity contribution in [2.75, 3.05) is 5.32 Å². The Morgan fingerprint density at radius 1 is 1.05 bits per heavy atom. The van der Waals surface area contributed by atoms with Crippen molar-refractivity contribution >= 4 is 23.1 Å². The molecule has 0 aliphatic rings. The fraction of sp³-hybridized carbons (Fsp3) is 0.0714. The van der Waals surface area contributed by atoms with Crippen LogP contribution in [0.25, 0.3) is 11.4 Å². The molecule has 0 radical (unpaired) electrons. The van der Waals surface area contributed by atoms with E-state index in [0.717, 1.165) is 16.9 Å². The molecule has 0 amide bonds. The third-order valence-corrected chi connectivity index (χ3v) is 3.59. The quantitative estimate of drug-likeness (QED) is 0.698. The lowest BCUT2D eigenvalue weighted by Crippen LogP contribution is -1.94. The van der Waals surface area contributed by atoms with E-state index in [0.29, 0.717) is 22.5 Å². The van der Waals surface area contributed by atoms with Gasteiger partial charge in [0.25, 0.3) is 5.76 Å². The van der Waals surface area contributed by atoms with Crippen LogP contribution in [-0.4, -0.2) is 26.4 Å². The standard InChI is InChI=1S/C14H11F2N5S/c15-14(16)22-10-7-5-9(6-8-10)17-12-4-2-1-3-11(12)13-18-20-21-19-13/h1-8,14,17H,(H,18,19,20,21). The van der Waals surface area contributed by atoms with Crippen molar-refractivity contribution in [2.24, 2.45) is 0 Å². The Morgan fingerprint density at radius 2 is 1.82 bits per heavy atom. The molecular formula is C14H11F2N5S. The molecule has 0 atom stereocenters. The van der Waals surface area contributed by atoms with E-state index < -0.39 is 5.76 Å². The summed E-state index contributed by atoms with van der Waals surface area (Å²) in [5, 5.41) is 17.1. The zero-order chi connectivity index (χ0) is 15.4. The summed E-state index contributed by atoms with van der Waals surface area (Å²) in [6.07, 6.45) is 0. The molecule has 0 saturated carbocycles. The minimum Gasteiger partial charge on any atom is -0.355 e. The number of alkyl halides is 2. The Morgan fingerprint density at radius 3 is 2.50 bits per heavy atom. The number of halogens is 2. The number of thioether (sulfide) groups is 1. The fourth-order valence-electron chi connectivity index (χ4n) is 1.94. The second-order valence-electron chi connectivity index (χ2n) is 4.31. The number of nitrogens with zero attached hydrogens (tertiary/aromatic N) is 3. The fourth-order valence-corrected chi connectivity index (χ4v) is 2.44. The van der Waals surface area contributed by atoms with Crippen LogP contribution in [-0.2, 0) is 0 Å². The zero-order valence-electron chi connectivity index (χ0n) is 11.2. The van der Waals surface area contributed by atoms with E-state index >= 15 is 0 Å². The van der Waals surface area contributed by atoms with Crippen LogP contribution < -0.4 is 5.32 Å². The smallest absolute Gasteiger partial charge is 0.288 e. The molecule has 2 aromatic carbocycles. The molecule has 8 heteroatoms. The average molecular weight is 319 g/mol. The van der Waals surface area contributed by atoms with Crippen LogP contribution in [0.1, 0.15) is 0 Å². The molecule has 5 nitrogen and oxygen atoms in total. The third kappa shape index (κ3) is 3.40. The van der Waals surface area contributed by atoms with Gasteiger partial charge in [-0.25, -0.2) is 0 Å². The molecule has 0 bridgehead atoms. The molecule has 0 aliphatic carbocycles. The Hall–Kier alpha value is -2.48. The number of para-hydroxylation sites is 1. The Kier molecular flexibility index (Phi) is 4.29. The predicted octanol–water partition coefficient (Wildman–Crippen LogP) is 3.93. The van der Waals surface area contributed by atoms with Crippen molar-refractivity contribution in [3.63, 3.8) is 0 Å². The van der Waals surface area contributed by atoms with E-state index in [-0.39, 0.29) is 0 Å². The molecule has 0 unspecified atom stereocenters. The van der Waals surface area contributed by atoms with Gasteiger partial charge in [0, 0.05) is 21.8 Å². The first-order chi connectivity index (χ1) is 10.7. The zero-order valence-corrected chi connectivity index (χ0v) is 12.0. The molecule has 0 saturated heterocycles. The molecule has 2 N–H and O–H groups in total. The van der Waals surface area contributed by atoms with Crippen LogP contribution in [0.15, 0.2) is 53.4 Å². The first-order valence-corrected chi connectivity index (χ1v) is 7.25. The minimum atomic E-state index is -2.42. The summed E-state index contributed by atoms with van der Waals surface area (Å²) in [5.41, 5.74) is 2.38. The summed E-state index contributed by atoms with van der Waals surface area (Å²) in [6.45, 7) is 0. The van der Waals surface area contributed by atoms with Crippen molar-refractivity contribution in [1.82, 2.24) is 20.6 Å². The number of rotatable bonds is 5. The van der Waals surface area contributed by atoms with Crippen molar-refractivity contribution in [1.29, 1.82) is 0 Å². The largest absolute Gasteiger partial charge is 0.355 e. The number of tetrazole rings is 1. The highest BCUT2D eigenvalue weighted by molar-refractivity contribution is 7.99. The van der Waals surface area contributed by atoms with E-state index in [2.05, 4.69) is 25.9 Å². The van der Waals surface area contributed by atoms with Crippen LogP contribution in [0.3, 0.4) is 0 Å². The van der Waals surface area contributed by atoms with Gasteiger partial charge >= 0.3 is 0 Å². The van der Waals surface area contributed by atoms with Crippen molar-refractivity contribution in [3.8, 4) is 11.4 Å². The molecular weight excluding hydrogens is 308 g/mol. The summed E-state index contributed by atoms with van der Waals surface area (Å²) >= 11 is 0.521. The number of nitrogens with one attached hydrogen (secondary N) is 2. The number of hydrogen-bond acceptors (Lipinski definition) is 5. The van der Waals surface area contributed by atoms with Crippen LogP contribution in [0.2, 0.25) is 0 Å². The van der Waals surface area contributed by atoms with Gasteiger partial charge in [-0.3, -0.25) is 0 Å². The van der Waals surface area contributed by atoms with Crippen LogP contribution in [0, 0.1) is 0 Å². The van der Waals surface area contributed by atoms with Gasteiger partial charge in [0.1, 0.15) is 0 Å². The maximum Gasteiger partial charge on any atom is 0.288 e. The highest BCUT2D eigenvalue weighted by atomic mass is 32.2. The summed E-state index contributed by atoms with van der Waals surface area (Å²) in [5.74, 6) is -1.94. The van der Waals surface area contributed by atoms with Gasteiger partial charge in [-0.15, -0.1) is 10.2 Å². The molecule has 3 aromatic rings. The van der Waals surface area contributed by atoms with Crippen LogP contribution in [0.5, 0.6) is 0 Å².